The topological polar surface area (TPSA) is 18.5 Å². The lowest BCUT2D eigenvalue weighted by atomic mass is 9.34. The molecule has 6 aromatic carbocycles. The average molecular weight is 554 g/mol. The second-order valence-corrected chi connectivity index (χ2v) is 11.9. The third-order valence-electron chi connectivity index (χ3n) is 9.13. The summed E-state index contributed by atoms with van der Waals surface area (Å²) < 4.78 is 13.6. The summed E-state index contributed by atoms with van der Waals surface area (Å²) in [5.74, 6) is 3.52. The van der Waals surface area contributed by atoms with Crippen molar-refractivity contribution in [2.24, 2.45) is 0 Å². The molecular weight excluding hydrogens is 523 g/mol. The predicted octanol–water partition coefficient (Wildman–Crippen LogP) is 8.65. The molecule has 206 valence electrons. The molecule has 0 saturated carbocycles. The van der Waals surface area contributed by atoms with Crippen LogP contribution in [0, 0.1) is 27.7 Å². The van der Waals surface area contributed by atoms with Gasteiger partial charge in [0.25, 0.3) is 6.71 Å². The predicted molar refractivity (Wildman–Crippen MR) is 179 cm³/mol. The Morgan fingerprint density at radius 3 is 1.30 bits per heavy atom. The number of ether oxygens (including phenoxy) is 2. The molecule has 0 amide bonds. The Morgan fingerprint density at radius 2 is 0.837 bits per heavy atom. The van der Waals surface area contributed by atoms with Gasteiger partial charge in [0.1, 0.15) is 23.0 Å². The molecule has 0 fully saturated rings. The van der Waals surface area contributed by atoms with Crippen molar-refractivity contribution in [3.05, 3.63) is 138 Å². The van der Waals surface area contributed by atoms with Crippen LogP contribution in [0.1, 0.15) is 22.3 Å². The van der Waals surface area contributed by atoms with Crippen molar-refractivity contribution in [3.8, 4) is 56.4 Å². The van der Waals surface area contributed by atoms with Gasteiger partial charge in [-0.3, -0.25) is 0 Å². The highest BCUT2D eigenvalue weighted by Gasteiger charge is 2.40. The van der Waals surface area contributed by atoms with Crippen molar-refractivity contribution in [2.75, 3.05) is 0 Å². The van der Waals surface area contributed by atoms with E-state index >= 15 is 0 Å². The molecule has 0 aromatic heterocycles. The molecule has 0 radical (unpaired) electrons. The molecule has 2 aliphatic heterocycles. The van der Waals surface area contributed by atoms with E-state index in [9.17, 15) is 0 Å². The Balaban J connectivity index is 1.34. The van der Waals surface area contributed by atoms with Crippen LogP contribution in [0.15, 0.2) is 115 Å². The zero-order chi connectivity index (χ0) is 29.2. The summed E-state index contributed by atoms with van der Waals surface area (Å²) in [6.45, 7) is 8.73. The van der Waals surface area contributed by atoms with Crippen LogP contribution in [-0.4, -0.2) is 6.71 Å². The van der Waals surface area contributed by atoms with Crippen molar-refractivity contribution in [1.29, 1.82) is 0 Å². The van der Waals surface area contributed by atoms with Crippen LogP contribution in [0.5, 0.6) is 23.0 Å². The van der Waals surface area contributed by atoms with Crippen molar-refractivity contribution in [1.82, 2.24) is 0 Å². The molecule has 43 heavy (non-hydrogen) atoms. The van der Waals surface area contributed by atoms with E-state index in [1.54, 1.807) is 0 Å². The van der Waals surface area contributed by atoms with Crippen LogP contribution in [-0.2, 0) is 0 Å². The van der Waals surface area contributed by atoms with Crippen LogP contribution >= 0.6 is 0 Å². The third-order valence-corrected chi connectivity index (χ3v) is 9.13. The summed E-state index contributed by atoms with van der Waals surface area (Å²) in [5, 5.41) is 0. The standard InChI is InChI=1S/C40H31BO2/c1-24-10-8-11-25(2)38(24)29-16-18-32-34(20-29)42-36-22-31(28-14-6-5-7-15-28)23-37-40(36)41(32)33-19-17-30(21-35(33)43-37)39-26(3)12-9-13-27(39)4/h5-23H,1-4H3. The smallest absolute Gasteiger partial charge is 0.260 e. The minimum Gasteiger partial charge on any atom is -0.458 e. The Kier molecular flexibility index (Phi) is 5.84. The van der Waals surface area contributed by atoms with Crippen molar-refractivity contribution < 1.29 is 9.47 Å². The molecule has 0 atom stereocenters. The van der Waals surface area contributed by atoms with Crippen LogP contribution in [0.25, 0.3) is 33.4 Å². The zero-order valence-corrected chi connectivity index (χ0v) is 24.9. The monoisotopic (exact) mass is 554 g/mol. The van der Waals surface area contributed by atoms with Crippen LogP contribution in [0.4, 0.5) is 0 Å². The highest BCUT2D eigenvalue weighted by molar-refractivity contribution is 6.98. The number of hydrogen-bond donors (Lipinski definition) is 0. The third kappa shape index (κ3) is 4.11. The second-order valence-electron chi connectivity index (χ2n) is 11.9. The minimum atomic E-state index is 0.0151. The zero-order valence-electron chi connectivity index (χ0n) is 24.9. The molecular formula is C40H31BO2. The first-order valence-electron chi connectivity index (χ1n) is 15.0. The van der Waals surface area contributed by atoms with E-state index in [0.717, 1.165) is 39.6 Å². The number of benzene rings is 6. The van der Waals surface area contributed by atoms with E-state index in [1.165, 1.54) is 55.4 Å². The molecule has 8 rings (SSSR count). The van der Waals surface area contributed by atoms with Gasteiger partial charge in [0, 0.05) is 5.46 Å². The molecule has 0 unspecified atom stereocenters. The molecule has 2 nitrogen and oxygen atoms in total. The van der Waals surface area contributed by atoms with Gasteiger partial charge in [-0.05, 0) is 119 Å². The van der Waals surface area contributed by atoms with Gasteiger partial charge in [0.15, 0.2) is 0 Å². The molecule has 2 heterocycles. The maximum atomic E-state index is 6.79. The summed E-state index contributed by atoms with van der Waals surface area (Å²) >= 11 is 0. The Hall–Kier alpha value is -5.02. The summed E-state index contributed by atoms with van der Waals surface area (Å²) in [5.41, 5.74) is 15.6. The lowest BCUT2D eigenvalue weighted by Crippen LogP contribution is -2.57. The maximum absolute atomic E-state index is 6.79. The number of rotatable bonds is 3. The molecule has 0 aliphatic carbocycles. The van der Waals surface area contributed by atoms with Gasteiger partial charge >= 0.3 is 0 Å². The average Bonchev–Trinajstić information content (AvgIpc) is 3.01. The fraction of sp³-hybridized carbons (Fsp3) is 0.100. The summed E-state index contributed by atoms with van der Waals surface area (Å²) in [6, 6.07) is 41.2. The van der Waals surface area contributed by atoms with E-state index in [2.05, 4.69) is 137 Å². The quantitative estimate of drug-likeness (QED) is 0.204. The SMILES string of the molecule is Cc1cccc(C)c1-c1ccc2c(c1)Oc1cc(-c3ccccc3)cc3c1B2c1ccc(-c2c(C)cccc2C)cc1O3. The molecule has 0 N–H and O–H groups in total. The highest BCUT2D eigenvalue weighted by Crippen LogP contribution is 2.41. The molecule has 0 saturated heterocycles. The fourth-order valence-electron chi connectivity index (χ4n) is 7.14. The Bertz CT molecular complexity index is 1910. The summed E-state index contributed by atoms with van der Waals surface area (Å²) in [4.78, 5) is 0. The van der Waals surface area contributed by atoms with E-state index in [4.69, 9.17) is 9.47 Å². The van der Waals surface area contributed by atoms with E-state index < -0.39 is 0 Å². The lowest BCUT2D eigenvalue weighted by Gasteiger charge is -2.34. The van der Waals surface area contributed by atoms with Crippen LogP contribution in [0.2, 0.25) is 0 Å². The van der Waals surface area contributed by atoms with E-state index in [-0.39, 0.29) is 6.71 Å². The highest BCUT2D eigenvalue weighted by atomic mass is 16.5. The fourth-order valence-corrected chi connectivity index (χ4v) is 7.14. The first-order valence-corrected chi connectivity index (χ1v) is 15.0. The number of aryl methyl sites for hydroxylation is 4. The number of fused-ring (bicyclic) bond motifs is 4. The van der Waals surface area contributed by atoms with Crippen LogP contribution < -0.4 is 25.9 Å². The van der Waals surface area contributed by atoms with Gasteiger partial charge < -0.3 is 9.47 Å². The Labute approximate surface area is 253 Å². The van der Waals surface area contributed by atoms with Crippen molar-refractivity contribution in [2.45, 2.75) is 27.7 Å². The molecule has 6 aromatic rings. The summed E-state index contributed by atoms with van der Waals surface area (Å²) in [7, 11) is 0. The minimum absolute atomic E-state index is 0.0151. The van der Waals surface area contributed by atoms with Gasteiger partial charge in [0.05, 0.1) is 0 Å². The van der Waals surface area contributed by atoms with Gasteiger partial charge in [-0.2, -0.15) is 0 Å². The molecule has 0 bridgehead atoms. The van der Waals surface area contributed by atoms with E-state index in [0.29, 0.717) is 0 Å². The first-order chi connectivity index (χ1) is 21.0. The van der Waals surface area contributed by atoms with Gasteiger partial charge in [-0.15, -0.1) is 0 Å². The van der Waals surface area contributed by atoms with Crippen LogP contribution in [0.3, 0.4) is 0 Å². The summed E-state index contributed by atoms with van der Waals surface area (Å²) in [6.07, 6.45) is 0. The largest absolute Gasteiger partial charge is 0.458 e. The van der Waals surface area contributed by atoms with E-state index in [1.807, 2.05) is 6.07 Å². The normalized spacial score (nSPS) is 12.5. The maximum Gasteiger partial charge on any atom is 0.260 e. The Morgan fingerprint density at radius 1 is 0.395 bits per heavy atom. The van der Waals surface area contributed by atoms with Gasteiger partial charge in [-0.25, -0.2) is 0 Å². The molecule has 0 spiro atoms. The molecule has 2 aliphatic rings. The van der Waals surface area contributed by atoms with Crippen molar-refractivity contribution in [3.63, 3.8) is 0 Å². The van der Waals surface area contributed by atoms with Gasteiger partial charge in [-0.1, -0.05) is 91.0 Å². The first kappa shape index (κ1) is 25.7. The second kappa shape index (κ2) is 9.78. The lowest BCUT2D eigenvalue weighted by molar-refractivity contribution is 0.465. The number of hydrogen-bond acceptors (Lipinski definition) is 2. The van der Waals surface area contributed by atoms with Gasteiger partial charge in [0.2, 0.25) is 0 Å². The molecule has 3 heteroatoms. The van der Waals surface area contributed by atoms with Crippen molar-refractivity contribution >= 4 is 23.1 Å².